The highest BCUT2D eigenvalue weighted by atomic mass is 16.7. The number of benzene rings is 2. The van der Waals surface area contributed by atoms with Crippen LogP contribution in [-0.2, 0) is 24.5 Å². The Morgan fingerprint density at radius 3 is 2.23 bits per heavy atom. The number of nitrogens with zero attached hydrogens (tertiary/aromatic N) is 1. The summed E-state index contributed by atoms with van der Waals surface area (Å²) in [4.78, 5) is 28.7. The topological polar surface area (TPSA) is 90.7 Å². The highest BCUT2D eigenvalue weighted by Crippen LogP contribution is 2.29. The van der Waals surface area contributed by atoms with Gasteiger partial charge in [0.25, 0.3) is 5.79 Å². The van der Waals surface area contributed by atoms with Crippen LogP contribution in [0.2, 0.25) is 0 Å². The number of anilines is 1. The Kier molecular flexibility index (Phi) is 4.84. The maximum absolute atomic E-state index is 12.0. The second-order valence-corrected chi connectivity index (χ2v) is 8.91. The lowest BCUT2D eigenvalue weighted by atomic mass is 9.87. The summed E-state index contributed by atoms with van der Waals surface area (Å²) >= 11 is 0. The van der Waals surface area contributed by atoms with Gasteiger partial charge in [-0.1, -0.05) is 32.9 Å². The van der Waals surface area contributed by atoms with Gasteiger partial charge >= 0.3 is 11.9 Å². The molecule has 160 valence electrons. The highest BCUT2D eigenvalue weighted by Gasteiger charge is 2.38. The second-order valence-electron chi connectivity index (χ2n) is 8.91. The summed E-state index contributed by atoms with van der Waals surface area (Å²) in [6.07, 6.45) is 1.27. The SMILES string of the molecule is CC1(C)OC(=O)C(=CNc2ccc3oc(-c4ccc(C(C)(C)C)cc4)nc3c2)C(=O)O1. The van der Waals surface area contributed by atoms with Crippen molar-refractivity contribution in [2.75, 3.05) is 5.32 Å². The zero-order chi connectivity index (χ0) is 22.4. The monoisotopic (exact) mass is 420 g/mol. The number of hydrogen-bond acceptors (Lipinski definition) is 7. The van der Waals surface area contributed by atoms with Crippen molar-refractivity contribution in [3.63, 3.8) is 0 Å². The van der Waals surface area contributed by atoms with E-state index in [0.29, 0.717) is 22.7 Å². The Morgan fingerprint density at radius 2 is 1.61 bits per heavy atom. The average molecular weight is 420 g/mol. The quantitative estimate of drug-likeness (QED) is 0.365. The Balaban J connectivity index is 1.56. The predicted octanol–water partition coefficient (Wildman–Crippen LogP) is 4.92. The number of carbonyl (C=O) groups is 2. The fourth-order valence-electron chi connectivity index (χ4n) is 3.19. The molecule has 1 fully saturated rings. The Labute approximate surface area is 180 Å². The minimum atomic E-state index is -1.27. The first-order valence-corrected chi connectivity index (χ1v) is 9.97. The molecule has 7 nitrogen and oxygen atoms in total. The number of nitrogens with one attached hydrogen (secondary N) is 1. The van der Waals surface area contributed by atoms with Crippen LogP contribution in [0.5, 0.6) is 0 Å². The third-order valence-electron chi connectivity index (χ3n) is 4.89. The van der Waals surface area contributed by atoms with Crippen LogP contribution in [0.1, 0.15) is 40.2 Å². The first-order valence-electron chi connectivity index (χ1n) is 9.97. The summed E-state index contributed by atoms with van der Waals surface area (Å²) < 4.78 is 16.0. The van der Waals surface area contributed by atoms with Crippen molar-refractivity contribution in [2.45, 2.75) is 45.8 Å². The van der Waals surface area contributed by atoms with Gasteiger partial charge in [-0.25, -0.2) is 14.6 Å². The molecule has 1 N–H and O–H groups in total. The van der Waals surface area contributed by atoms with Crippen LogP contribution in [0.4, 0.5) is 5.69 Å². The predicted molar refractivity (Wildman–Crippen MR) is 116 cm³/mol. The lowest BCUT2D eigenvalue weighted by Crippen LogP contribution is -2.42. The number of oxazole rings is 1. The average Bonchev–Trinajstić information content (AvgIpc) is 3.09. The molecule has 0 bridgehead atoms. The van der Waals surface area contributed by atoms with E-state index < -0.39 is 17.7 Å². The summed E-state index contributed by atoms with van der Waals surface area (Å²) in [6, 6.07) is 13.5. The minimum Gasteiger partial charge on any atom is -0.436 e. The highest BCUT2D eigenvalue weighted by molar-refractivity contribution is 6.15. The van der Waals surface area contributed by atoms with Crippen LogP contribution >= 0.6 is 0 Å². The first kappa shape index (κ1) is 20.7. The number of ether oxygens (including phenoxy) is 2. The zero-order valence-electron chi connectivity index (χ0n) is 18.1. The molecule has 1 aliphatic heterocycles. The largest absolute Gasteiger partial charge is 0.436 e. The second kappa shape index (κ2) is 7.27. The molecule has 4 rings (SSSR count). The van der Waals surface area contributed by atoms with Gasteiger partial charge in [-0.3, -0.25) is 0 Å². The van der Waals surface area contributed by atoms with Crippen LogP contribution < -0.4 is 5.32 Å². The van der Waals surface area contributed by atoms with Gasteiger partial charge < -0.3 is 19.2 Å². The number of esters is 2. The molecular weight excluding hydrogens is 396 g/mol. The van der Waals surface area contributed by atoms with Crippen LogP contribution in [0.25, 0.3) is 22.6 Å². The molecule has 2 heterocycles. The molecule has 0 amide bonds. The molecule has 31 heavy (non-hydrogen) atoms. The van der Waals surface area contributed by atoms with Crippen molar-refractivity contribution >= 4 is 28.7 Å². The summed E-state index contributed by atoms with van der Waals surface area (Å²) in [6.45, 7) is 9.50. The third kappa shape index (κ3) is 4.30. The van der Waals surface area contributed by atoms with Gasteiger partial charge in [0.15, 0.2) is 11.2 Å². The molecular formula is C24H24N2O5. The smallest absolute Gasteiger partial charge is 0.350 e. The summed E-state index contributed by atoms with van der Waals surface area (Å²) in [5, 5.41) is 2.92. The number of hydrogen-bond donors (Lipinski definition) is 1. The molecule has 0 atom stereocenters. The summed E-state index contributed by atoms with van der Waals surface area (Å²) in [5.41, 5.74) is 3.89. The maximum atomic E-state index is 12.0. The van der Waals surface area contributed by atoms with Crippen molar-refractivity contribution in [1.29, 1.82) is 0 Å². The van der Waals surface area contributed by atoms with Gasteiger partial charge in [-0.05, 0) is 41.3 Å². The number of carbonyl (C=O) groups excluding carboxylic acids is 2. The number of aromatic nitrogens is 1. The van der Waals surface area contributed by atoms with E-state index in [9.17, 15) is 9.59 Å². The van der Waals surface area contributed by atoms with E-state index in [0.717, 1.165) is 5.56 Å². The fourth-order valence-corrected chi connectivity index (χ4v) is 3.19. The van der Waals surface area contributed by atoms with Gasteiger partial charge in [-0.2, -0.15) is 0 Å². The van der Waals surface area contributed by atoms with Crippen molar-refractivity contribution in [3.8, 4) is 11.5 Å². The standard InChI is InChI=1S/C24H24N2O5/c1-23(2,3)15-8-6-14(7-9-15)20-26-18-12-16(10-11-19(18)29-20)25-13-17-21(27)30-24(4,5)31-22(17)28/h6-13,25H,1-5H3. The zero-order valence-corrected chi connectivity index (χ0v) is 18.1. The molecule has 0 unspecified atom stereocenters. The van der Waals surface area contributed by atoms with E-state index in [-0.39, 0.29) is 11.0 Å². The molecule has 1 saturated heterocycles. The van der Waals surface area contributed by atoms with Gasteiger partial charge in [0.05, 0.1) is 0 Å². The molecule has 3 aromatic rings. The Bertz CT molecular complexity index is 1170. The molecule has 1 aliphatic rings. The van der Waals surface area contributed by atoms with Gasteiger partial charge in [0, 0.05) is 31.3 Å². The normalized spacial score (nSPS) is 16.1. The van der Waals surface area contributed by atoms with E-state index in [1.54, 1.807) is 18.2 Å². The van der Waals surface area contributed by atoms with E-state index in [2.05, 4.69) is 43.2 Å². The van der Waals surface area contributed by atoms with Gasteiger partial charge in [-0.15, -0.1) is 0 Å². The lowest BCUT2D eigenvalue weighted by Gasteiger charge is -2.29. The fraction of sp³-hybridized carbons (Fsp3) is 0.292. The molecule has 0 spiro atoms. The number of cyclic esters (lactones) is 2. The van der Waals surface area contributed by atoms with Crippen LogP contribution in [0.3, 0.4) is 0 Å². The van der Waals surface area contributed by atoms with Crippen molar-refractivity contribution < 1.29 is 23.5 Å². The summed E-state index contributed by atoms with van der Waals surface area (Å²) in [5.74, 6) is -2.23. The molecule has 0 saturated carbocycles. The van der Waals surface area contributed by atoms with E-state index in [1.807, 2.05) is 12.1 Å². The Morgan fingerprint density at radius 1 is 0.968 bits per heavy atom. The minimum absolute atomic E-state index is 0.0713. The molecule has 0 radical (unpaired) electrons. The third-order valence-corrected chi connectivity index (χ3v) is 4.89. The van der Waals surface area contributed by atoms with Crippen molar-refractivity contribution in [3.05, 3.63) is 59.8 Å². The van der Waals surface area contributed by atoms with Crippen LogP contribution in [0, 0.1) is 0 Å². The molecule has 2 aromatic carbocycles. The summed E-state index contributed by atoms with van der Waals surface area (Å²) in [7, 11) is 0. The first-order chi connectivity index (χ1) is 14.5. The van der Waals surface area contributed by atoms with Gasteiger partial charge in [0.1, 0.15) is 5.52 Å². The molecule has 0 aliphatic carbocycles. The van der Waals surface area contributed by atoms with Crippen LogP contribution in [-0.4, -0.2) is 22.7 Å². The van der Waals surface area contributed by atoms with E-state index >= 15 is 0 Å². The van der Waals surface area contributed by atoms with E-state index in [4.69, 9.17) is 13.9 Å². The van der Waals surface area contributed by atoms with E-state index in [1.165, 1.54) is 25.6 Å². The Hall–Kier alpha value is -3.61. The van der Waals surface area contributed by atoms with Gasteiger partial charge in [0.2, 0.25) is 5.89 Å². The molecule has 1 aromatic heterocycles. The number of fused-ring (bicyclic) bond motifs is 1. The molecule has 7 heteroatoms. The van der Waals surface area contributed by atoms with Crippen molar-refractivity contribution in [1.82, 2.24) is 4.98 Å². The number of rotatable bonds is 3. The van der Waals surface area contributed by atoms with Crippen molar-refractivity contribution in [2.24, 2.45) is 0 Å². The van der Waals surface area contributed by atoms with Crippen LogP contribution in [0.15, 0.2) is 58.7 Å². The lowest BCUT2D eigenvalue weighted by molar-refractivity contribution is -0.222. The maximum Gasteiger partial charge on any atom is 0.350 e.